The number of hydrogen-bond donors (Lipinski definition) is 0. The molecular weight excluding hydrogens is 172 g/mol. The maximum Gasteiger partial charge on any atom is 0.0680 e. The van der Waals surface area contributed by atoms with Gasteiger partial charge in [-0.1, -0.05) is 39.5 Å². The Kier molecular flexibility index (Phi) is 8.90. The van der Waals surface area contributed by atoms with E-state index in [4.69, 9.17) is 0 Å². The van der Waals surface area contributed by atoms with Crippen LogP contribution in [0.25, 0.3) is 0 Å². The first-order chi connectivity index (χ1) is 6.70. The largest absolute Gasteiger partial charge is 0.191 e. The van der Waals surface area contributed by atoms with Crippen LogP contribution >= 0.6 is 0 Å². The highest BCUT2D eigenvalue weighted by molar-refractivity contribution is 4.61. The van der Waals surface area contributed by atoms with E-state index in [0.717, 1.165) is 0 Å². The minimum Gasteiger partial charge on any atom is -0.191 e. The van der Waals surface area contributed by atoms with Crippen molar-refractivity contribution in [1.82, 2.24) is 0 Å². The average Bonchev–Trinajstić information content (AvgIpc) is 2.20. The predicted molar refractivity (Wildman–Crippen MR) is 62.8 cm³/mol. The summed E-state index contributed by atoms with van der Waals surface area (Å²) in [6.45, 7) is 8.75. The molecule has 0 heterocycles. The van der Waals surface area contributed by atoms with Crippen LogP contribution in [0.1, 0.15) is 66.2 Å². The van der Waals surface area contributed by atoms with Crippen molar-refractivity contribution in [3.8, 4) is 0 Å². The summed E-state index contributed by atoms with van der Waals surface area (Å²) in [5, 5.41) is 8.68. The minimum absolute atomic E-state index is 0.416. The molecule has 2 atom stereocenters. The molecule has 0 aromatic rings. The molecule has 0 aliphatic rings. The van der Waals surface area contributed by atoms with Gasteiger partial charge in [0.05, 0.1) is 12.1 Å². The minimum atomic E-state index is 0.416. The lowest BCUT2D eigenvalue weighted by atomic mass is 10.1. The molecule has 0 rings (SSSR count). The Balaban J connectivity index is 3.56. The number of rotatable bonds is 8. The van der Waals surface area contributed by atoms with E-state index in [1.807, 2.05) is 0 Å². The van der Waals surface area contributed by atoms with Crippen molar-refractivity contribution in [2.75, 3.05) is 0 Å². The molecule has 0 aromatic carbocycles. The molecule has 0 fully saturated rings. The van der Waals surface area contributed by atoms with Crippen LogP contribution in [0.4, 0.5) is 0 Å². The second-order valence-electron chi connectivity index (χ2n) is 4.21. The zero-order valence-corrected chi connectivity index (χ0v) is 10.3. The van der Waals surface area contributed by atoms with Crippen LogP contribution in [0.3, 0.4) is 0 Å². The van der Waals surface area contributed by atoms with Gasteiger partial charge in [0, 0.05) is 0 Å². The second-order valence-corrected chi connectivity index (χ2v) is 4.21. The summed E-state index contributed by atoms with van der Waals surface area (Å²) < 4.78 is 0. The molecule has 0 aliphatic carbocycles. The quantitative estimate of drug-likeness (QED) is 0.509. The molecule has 0 saturated carbocycles. The molecule has 2 unspecified atom stereocenters. The lowest BCUT2D eigenvalue weighted by Gasteiger charge is -2.06. The van der Waals surface area contributed by atoms with Crippen molar-refractivity contribution in [3.05, 3.63) is 0 Å². The predicted octanol–water partition coefficient (Wildman–Crippen LogP) is 4.60. The molecule has 0 aliphatic heterocycles. The van der Waals surface area contributed by atoms with Gasteiger partial charge in [0.15, 0.2) is 0 Å². The van der Waals surface area contributed by atoms with Crippen LogP contribution in [0.15, 0.2) is 10.2 Å². The third-order valence-electron chi connectivity index (χ3n) is 2.41. The van der Waals surface area contributed by atoms with Gasteiger partial charge >= 0.3 is 0 Å². The molecule has 14 heavy (non-hydrogen) atoms. The molecule has 0 aromatic heterocycles. The van der Waals surface area contributed by atoms with E-state index in [-0.39, 0.29) is 0 Å². The third kappa shape index (κ3) is 8.21. The van der Waals surface area contributed by atoms with E-state index in [1.54, 1.807) is 0 Å². The van der Waals surface area contributed by atoms with E-state index in [9.17, 15) is 0 Å². The van der Waals surface area contributed by atoms with Crippen molar-refractivity contribution in [1.29, 1.82) is 0 Å². The van der Waals surface area contributed by atoms with Crippen molar-refractivity contribution in [2.45, 2.75) is 78.3 Å². The zero-order valence-electron chi connectivity index (χ0n) is 10.3. The SMILES string of the molecule is CCCCC(C)N=NC(C)CCCC. The van der Waals surface area contributed by atoms with Crippen molar-refractivity contribution >= 4 is 0 Å². The second kappa shape index (κ2) is 9.17. The molecular formula is C12H26N2. The normalized spacial score (nSPS) is 16.0. The molecule has 0 bridgehead atoms. The molecule has 0 amide bonds. The van der Waals surface area contributed by atoms with Gasteiger partial charge in [0.2, 0.25) is 0 Å². The Labute approximate surface area is 89.2 Å². The van der Waals surface area contributed by atoms with E-state index in [2.05, 4.69) is 37.9 Å². The fourth-order valence-corrected chi connectivity index (χ4v) is 1.34. The third-order valence-corrected chi connectivity index (χ3v) is 2.41. The first kappa shape index (κ1) is 13.6. The lowest BCUT2D eigenvalue weighted by Crippen LogP contribution is -2.01. The number of hydrogen-bond acceptors (Lipinski definition) is 2. The smallest absolute Gasteiger partial charge is 0.0680 e. The molecule has 0 N–H and O–H groups in total. The van der Waals surface area contributed by atoms with Gasteiger partial charge in [-0.05, 0) is 26.7 Å². The van der Waals surface area contributed by atoms with Gasteiger partial charge in [-0.3, -0.25) is 0 Å². The Morgan fingerprint density at radius 1 is 0.786 bits per heavy atom. The maximum atomic E-state index is 4.34. The van der Waals surface area contributed by atoms with Crippen LogP contribution in [0.2, 0.25) is 0 Å². The van der Waals surface area contributed by atoms with E-state index >= 15 is 0 Å². The van der Waals surface area contributed by atoms with Crippen molar-refractivity contribution in [2.24, 2.45) is 10.2 Å². The number of azo groups is 1. The van der Waals surface area contributed by atoms with Gasteiger partial charge in [0.25, 0.3) is 0 Å². The molecule has 0 spiro atoms. The molecule has 0 saturated heterocycles. The zero-order chi connectivity index (χ0) is 10.8. The van der Waals surface area contributed by atoms with E-state index < -0.39 is 0 Å². The maximum absolute atomic E-state index is 4.34. The molecule has 2 nitrogen and oxygen atoms in total. The summed E-state index contributed by atoms with van der Waals surface area (Å²) in [4.78, 5) is 0. The first-order valence-electron chi connectivity index (χ1n) is 6.10. The standard InChI is InChI=1S/C12H26N2/c1-5-7-9-11(3)13-14-12(4)10-8-6-2/h11-12H,5-10H2,1-4H3. The summed E-state index contributed by atoms with van der Waals surface area (Å²) in [5.74, 6) is 0. The van der Waals surface area contributed by atoms with Gasteiger partial charge < -0.3 is 0 Å². The Morgan fingerprint density at radius 2 is 1.14 bits per heavy atom. The van der Waals surface area contributed by atoms with Crippen LogP contribution in [0, 0.1) is 0 Å². The van der Waals surface area contributed by atoms with Gasteiger partial charge in [-0.2, -0.15) is 10.2 Å². The topological polar surface area (TPSA) is 24.7 Å². The Hall–Kier alpha value is -0.400. The highest BCUT2D eigenvalue weighted by Gasteiger charge is 2.00. The van der Waals surface area contributed by atoms with Gasteiger partial charge in [-0.25, -0.2) is 0 Å². The van der Waals surface area contributed by atoms with Gasteiger partial charge in [-0.15, -0.1) is 0 Å². The number of nitrogens with zero attached hydrogens (tertiary/aromatic N) is 2. The summed E-state index contributed by atoms with van der Waals surface area (Å²) >= 11 is 0. The van der Waals surface area contributed by atoms with Crippen LogP contribution in [0.5, 0.6) is 0 Å². The monoisotopic (exact) mass is 198 g/mol. The lowest BCUT2D eigenvalue weighted by molar-refractivity contribution is 0.537. The van der Waals surface area contributed by atoms with Crippen LogP contribution in [-0.4, -0.2) is 12.1 Å². The van der Waals surface area contributed by atoms with Crippen molar-refractivity contribution < 1.29 is 0 Å². The molecule has 84 valence electrons. The molecule has 2 heteroatoms. The van der Waals surface area contributed by atoms with Gasteiger partial charge in [0.1, 0.15) is 0 Å². The average molecular weight is 198 g/mol. The summed E-state index contributed by atoms with van der Waals surface area (Å²) in [6.07, 6.45) is 7.41. The summed E-state index contributed by atoms with van der Waals surface area (Å²) in [6, 6.07) is 0.832. The number of unbranched alkanes of at least 4 members (excludes halogenated alkanes) is 2. The van der Waals surface area contributed by atoms with Crippen LogP contribution in [-0.2, 0) is 0 Å². The fraction of sp³-hybridized carbons (Fsp3) is 1.00. The highest BCUT2D eigenvalue weighted by atomic mass is 15.1. The fourth-order valence-electron chi connectivity index (χ4n) is 1.34. The van der Waals surface area contributed by atoms with Crippen LogP contribution < -0.4 is 0 Å². The Bertz CT molecular complexity index is 127. The Morgan fingerprint density at radius 3 is 1.43 bits per heavy atom. The van der Waals surface area contributed by atoms with E-state index in [1.165, 1.54) is 38.5 Å². The van der Waals surface area contributed by atoms with Crippen molar-refractivity contribution in [3.63, 3.8) is 0 Å². The molecule has 0 radical (unpaired) electrons. The van der Waals surface area contributed by atoms with E-state index in [0.29, 0.717) is 12.1 Å². The highest BCUT2D eigenvalue weighted by Crippen LogP contribution is 2.08. The first-order valence-corrected chi connectivity index (χ1v) is 6.10. The summed E-state index contributed by atoms with van der Waals surface area (Å²) in [7, 11) is 0. The summed E-state index contributed by atoms with van der Waals surface area (Å²) in [5.41, 5.74) is 0.